The molecule has 5 heteroatoms. The molecule has 5 nitrogen and oxygen atoms in total. The van der Waals surface area contributed by atoms with Crippen molar-refractivity contribution >= 4 is 23.6 Å². The van der Waals surface area contributed by atoms with Gasteiger partial charge in [0.05, 0.1) is 17.5 Å². The molecule has 0 heterocycles. The lowest BCUT2D eigenvalue weighted by molar-refractivity contribution is 0.0697. The minimum atomic E-state index is -0.941. The van der Waals surface area contributed by atoms with Crippen LogP contribution in [0.5, 0.6) is 0 Å². The van der Waals surface area contributed by atoms with Gasteiger partial charge in [0.15, 0.2) is 0 Å². The molecule has 0 unspecified atom stereocenters. The first kappa shape index (κ1) is 19.2. The first-order chi connectivity index (χ1) is 13.7. The molecular formula is C23H23N3O2. The highest BCUT2D eigenvalue weighted by Gasteiger charge is 2.05. The minimum Gasteiger partial charge on any atom is -0.478 e. The fourth-order valence-electron chi connectivity index (χ4n) is 2.83. The van der Waals surface area contributed by atoms with Gasteiger partial charge >= 0.3 is 5.97 Å². The number of hydrazone groups is 1. The van der Waals surface area contributed by atoms with Crippen LogP contribution in [0.1, 0.15) is 28.4 Å². The van der Waals surface area contributed by atoms with E-state index in [2.05, 4.69) is 58.7 Å². The molecule has 2 N–H and O–H groups in total. The molecule has 0 aliphatic carbocycles. The molecular weight excluding hydrogens is 350 g/mol. The summed E-state index contributed by atoms with van der Waals surface area (Å²) in [5, 5.41) is 13.1. The molecule has 28 heavy (non-hydrogen) atoms. The average Bonchev–Trinajstić information content (AvgIpc) is 2.74. The van der Waals surface area contributed by atoms with Crippen molar-refractivity contribution in [3.8, 4) is 0 Å². The van der Waals surface area contributed by atoms with Gasteiger partial charge in [-0.2, -0.15) is 5.10 Å². The molecule has 0 amide bonds. The quantitative estimate of drug-likeness (QED) is 0.437. The van der Waals surface area contributed by atoms with Crippen LogP contribution in [0.2, 0.25) is 0 Å². The van der Waals surface area contributed by atoms with E-state index in [0.29, 0.717) is 0 Å². The zero-order valence-electron chi connectivity index (χ0n) is 15.7. The molecule has 0 spiro atoms. The van der Waals surface area contributed by atoms with Crippen molar-refractivity contribution in [3.63, 3.8) is 0 Å². The lowest BCUT2D eigenvalue weighted by atomic mass is 10.1. The molecule has 3 aromatic rings. The molecule has 0 atom stereocenters. The molecule has 0 bridgehead atoms. The zero-order valence-corrected chi connectivity index (χ0v) is 15.7. The number of benzene rings is 3. The number of nitrogens with one attached hydrogen (secondary N) is 1. The average molecular weight is 373 g/mol. The number of hydrogen-bond donors (Lipinski definition) is 2. The molecule has 3 rings (SSSR count). The van der Waals surface area contributed by atoms with Crippen LogP contribution in [0.3, 0.4) is 0 Å². The van der Waals surface area contributed by atoms with Crippen LogP contribution in [0.25, 0.3) is 0 Å². The highest BCUT2D eigenvalue weighted by Crippen LogP contribution is 2.17. The highest BCUT2D eigenvalue weighted by atomic mass is 16.4. The van der Waals surface area contributed by atoms with E-state index < -0.39 is 5.97 Å². The molecule has 0 aliphatic heterocycles. The van der Waals surface area contributed by atoms with Gasteiger partial charge in [-0.25, -0.2) is 4.79 Å². The van der Waals surface area contributed by atoms with E-state index in [9.17, 15) is 4.79 Å². The third-order valence-electron chi connectivity index (χ3n) is 4.40. The van der Waals surface area contributed by atoms with Gasteiger partial charge in [-0.3, -0.25) is 5.43 Å². The van der Waals surface area contributed by atoms with E-state index >= 15 is 0 Å². The van der Waals surface area contributed by atoms with Crippen molar-refractivity contribution in [2.24, 2.45) is 5.10 Å². The Kier molecular flexibility index (Phi) is 6.41. The van der Waals surface area contributed by atoms with E-state index in [1.807, 2.05) is 18.2 Å². The fraction of sp³-hybridized carbons (Fsp3) is 0.130. The Morgan fingerprint density at radius 1 is 1.00 bits per heavy atom. The maximum Gasteiger partial charge on any atom is 0.335 e. The molecule has 0 saturated carbocycles. The van der Waals surface area contributed by atoms with Crippen molar-refractivity contribution < 1.29 is 9.90 Å². The molecule has 0 radical (unpaired) electrons. The Morgan fingerprint density at radius 3 is 2.29 bits per heavy atom. The van der Waals surface area contributed by atoms with E-state index in [0.717, 1.165) is 24.3 Å². The van der Waals surface area contributed by atoms with Gasteiger partial charge in [0.2, 0.25) is 0 Å². The maximum absolute atomic E-state index is 10.9. The predicted octanol–water partition coefficient (Wildman–Crippen LogP) is 4.86. The number of rotatable bonds is 8. The highest BCUT2D eigenvalue weighted by molar-refractivity contribution is 5.88. The number of carboxylic acids is 1. The summed E-state index contributed by atoms with van der Waals surface area (Å²) in [6.45, 7) is 3.95. The number of anilines is 2. The second-order valence-corrected chi connectivity index (χ2v) is 6.34. The van der Waals surface area contributed by atoms with Crippen LogP contribution < -0.4 is 10.3 Å². The SMILES string of the molecule is CCN(Cc1ccccc1)c1ccc(/C=N/Nc2ccc(C(=O)O)cc2)cc1. The van der Waals surface area contributed by atoms with Crippen LogP contribution in [0.15, 0.2) is 84.0 Å². The van der Waals surface area contributed by atoms with Crippen molar-refractivity contribution in [2.45, 2.75) is 13.5 Å². The summed E-state index contributed by atoms with van der Waals surface area (Å²) in [5.74, 6) is -0.941. The third kappa shape index (κ3) is 5.20. The summed E-state index contributed by atoms with van der Waals surface area (Å²) in [5.41, 5.74) is 7.33. The van der Waals surface area contributed by atoms with Gasteiger partial charge in [-0.1, -0.05) is 42.5 Å². The molecule has 3 aromatic carbocycles. The van der Waals surface area contributed by atoms with Crippen LogP contribution in [0.4, 0.5) is 11.4 Å². The Balaban J connectivity index is 1.60. The molecule has 0 saturated heterocycles. The Morgan fingerprint density at radius 2 is 1.68 bits per heavy atom. The smallest absolute Gasteiger partial charge is 0.335 e. The van der Waals surface area contributed by atoms with Crippen LogP contribution in [0, 0.1) is 0 Å². The van der Waals surface area contributed by atoms with Gasteiger partial charge in [0, 0.05) is 18.8 Å². The summed E-state index contributed by atoms with van der Waals surface area (Å²) in [6.07, 6.45) is 1.74. The van der Waals surface area contributed by atoms with Crippen molar-refractivity contribution in [1.29, 1.82) is 0 Å². The van der Waals surface area contributed by atoms with Crippen LogP contribution in [-0.4, -0.2) is 23.8 Å². The summed E-state index contributed by atoms with van der Waals surface area (Å²) < 4.78 is 0. The normalized spacial score (nSPS) is 10.8. The van der Waals surface area contributed by atoms with Gasteiger partial charge in [0.1, 0.15) is 0 Å². The summed E-state index contributed by atoms with van der Waals surface area (Å²) in [4.78, 5) is 13.2. The van der Waals surface area contributed by atoms with E-state index in [4.69, 9.17) is 5.11 Å². The molecule has 0 aliphatic rings. The van der Waals surface area contributed by atoms with Crippen molar-refractivity contribution in [1.82, 2.24) is 0 Å². The molecule has 0 fully saturated rings. The Bertz CT molecular complexity index is 920. The minimum absolute atomic E-state index is 0.251. The fourth-order valence-corrected chi connectivity index (χ4v) is 2.83. The third-order valence-corrected chi connectivity index (χ3v) is 4.40. The maximum atomic E-state index is 10.9. The first-order valence-corrected chi connectivity index (χ1v) is 9.17. The zero-order chi connectivity index (χ0) is 19.8. The van der Waals surface area contributed by atoms with Gasteiger partial charge in [0.25, 0.3) is 0 Å². The first-order valence-electron chi connectivity index (χ1n) is 9.17. The number of hydrogen-bond acceptors (Lipinski definition) is 4. The Labute approximate surface area is 165 Å². The predicted molar refractivity (Wildman–Crippen MR) is 114 cm³/mol. The second-order valence-electron chi connectivity index (χ2n) is 6.34. The Hall–Kier alpha value is -3.60. The van der Waals surface area contributed by atoms with Crippen molar-refractivity contribution in [2.75, 3.05) is 16.9 Å². The lowest BCUT2D eigenvalue weighted by Gasteiger charge is -2.23. The molecule has 142 valence electrons. The monoisotopic (exact) mass is 373 g/mol. The van der Waals surface area contributed by atoms with E-state index in [1.165, 1.54) is 11.3 Å². The standard InChI is InChI=1S/C23H23N3O2/c1-2-26(17-19-6-4-3-5-7-19)22-14-8-18(9-15-22)16-24-25-21-12-10-20(11-13-21)23(27)28/h3-16,25H,2,17H2,1H3,(H,27,28)/b24-16+. The number of carboxylic acid groups (broad SMARTS) is 1. The van der Waals surface area contributed by atoms with E-state index in [1.54, 1.807) is 30.5 Å². The lowest BCUT2D eigenvalue weighted by Crippen LogP contribution is -2.21. The topological polar surface area (TPSA) is 64.9 Å². The number of aromatic carboxylic acids is 1. The van der Waals surface area contributed by atoms with Gasteiger partial charge < -0.3 is 10.0 Å². The second kappa shape index (κ2) is 9.37. The van der Waals surface area contributed by atoms with E-state index in [-0.39, 0.29) is 5.56 Å². The van der Waals surface area contributed by atoms with Gasteiger partial charge in [-0.05, 0) is 54.4 Å². The van der Waals surface area contributed by atoms with Crippen molar-refractivity contribution in [3.05, 3.63) is 95.6 Å². The number of carbonyl (C=O) groups is 1. The number of nitrogens with zero attached hydrogens (tertiary/aromatic N) is 2. The van der Waals surface area contributed by atoms with Crippen LogP contribution in [-0.2, 0) is 6.54 Å². The summed E-state index contributed by atoms with van der Waals surface area (Å²) in [6, 6.07) is 25.1. The molecule has 0 aromatic heterocycles. The summed E-state index contributed by atoms with van der Waals surface area (Å²) >= 11 is 0. The van der Waals surface area contributed by atoms with Gasteiger partial charge in [-0.15, -0.1) is 0 Å². The van der Waals surface area contributed by atoms with Crippen LogP contribution >= 0.6 is 0 Å². The largest absolute Gasteiger partial charge is 0.478 e. The summed E-state index contributed by atoms with van der Waals surface area (Å²) in [7, 11) is 0.